The highest BCUT2D eigenvalue weighted by Crippen LogP contribution is 2.28. The normalized spacial score (nSPS) is 10.2. The maximum Gasteiger partial charge on any atom is 0.343 e. The largest absolute Gasteiger partial charge is 0.493 e. The van der Waals surface area contributed by atoms with Gasteiger partial charge in [0.1, 0.15) is 28.8 Å². The second-order valence-corrected chi connectivity index (χ2v) is 9.04. The summed E-state index contributed by atoms with van der Waals surface area (Å²) in [7, 11) is 0. The van der Waals surface area contributed by atoms with E-state index in [1.165, 1.54) is 0 Å². The molecule has 0 saturated heterocycles. The molecule has 0 heterocycles. The van der Waals surface area contributed by atoms with Crippen LogP contribution in [-0.4, -0.2) is 44.3 Å². The molecule has 3 aromatic carbocycles. The van der Waals surface area contributed by atoms with Crippen molar-refractivity contribution in [2.45, 2.75) is 19.8 Å². The van der Waals surface area contributed by atoms with E-state index in [0.29, 0.717) is 65.9 Å². The van der Waals surface area contributed by atoms with E-state index in [0.717, 1.165) is 17.7 Å². The molecule has 0 unspecified atom stereocenters. The zero-order valence-corrected chi connectivity index (χ0v) is 24.0. The quantitative estimate of drug-likeness (QED) is 0.0596. The second-order valence-electron chi connectivity index (χ2n) is 9.04. The third-order valence-electron chi connectivity index (χ3n) is 5.79. The topological polar surface area (TPSA) is 107 Å². The predicted molar refractivity (Wildman–Crippen MR) is 161 cm³/mol. The van der Waals surface area contributed by atoms with Gasteiger partial charge in [0.25, 0.3) is 0 Å². The molecule has 0 bridgehead atoms. The van der Waals surface area contributed by atoms with Crippen molar-refractivity contribution in [2.24, 2.45) is 0 Å². The number of aryl methyl sites for hydroxylation is 1. The van der Waals surface area contributed by atoms with Gasteiger partial charge < -0.3 is 28.4 Å². The fraction of sp³-hybridized carbons (Fsp3) is 0.206. The lowest BCUT2D eigenvalue weighted by Gasteiger charge is -2.13. The van der Waals surface area contributed by atoms with Crippen LogP contribution in [-0.2, 0) is 19.1 Å². The standard InChI is InChI=1S/C34H34O9/c1-5-32(35)40-21-7-19-38-28-13-9-26(10-14-28)25(4)42-30-17-18-31(24(3)23-30)43-34(37)27-11-15-29(16-12-27)39-20-8-22-41-33(36)6-2/h5-6,9-18,23H,1-2,4,7-8,19-22H2,3H3. The van der Waals surface area contributed by atoms with E-state index in [2.05, 4.69) is 19.7 Å². The third-order valence-corrected chi connectivity index (χ3v) is 5.79. The molecule has 0 spiro atoms. The highest BCUT2D eigenvalue weighted by Gasteiger charge is 2.12. The van der Waals surface area contributed by atoms with Gasteiger partial charge in [-0.15, -0.1) is 0 Å². The van der Waals surface area contributed by atoms with Crippen LogP contribution in [0.25, 0.3) is 5.76 Å². The summed E-state index contributed by atoms with van der Waals surface area (Å²) < 4.78 is 32.6. The Morgan fingerprint density at radius 2 is 1.14 bits per heavy atom. The highest BCUT2D eigenvalue weighted by atomic mass is 16.5. The zero-order chi connectivity index (χ0) is 31.0. The van der Waals surface area contributed by atoms with Gasteiger partial charge in [0.15, 0.2) is 0 Å². The summed E-state index contributed by atoms with van der Waals surface area (Å²) in [6.07, 6.45) is 3.31. The van der Waals surface area contributed by atoms with Gasteiger partial charge in [-0.3, -0.25) is 0 Å². The van der Waals surface area contributed by atoms with Crippen molar-refractivity contribution in [1.82, 2.24) is 0 Å². The molecule has 0 saturated carbocycles. The summed E-state index contributed by atoms with van der Waals surface area (Å²) in [5, 5.41) is 0. The van der Waals surface area contributed by atoms with Crippen molar-refractivity contribution >= 4 is 23.7 Å². The lowest BCUT2D eigenvalue weighted by atomic mass is 10.2. The van der Waals surface area contributed by atoms with Gasteiger partial charge in [0.2, 0.25) is 0 Å². The Morgan fingerprint density at radius 3 is 1.63 bits per heavy atom. The molecule has 9 nitrogen and oxygen atoms in total. The number of ether oxygens (including phenoxy) is 6. The van der Waals surface area contributed by atoms with Crippen molar-refractivity contribution in [3.63, 3.8) is 0 Å². The third kappa shape index (κ3) is 10.9. The molecule has 0 amide bonds. The van der Waals surface area contributed by atoms with Gasteiger partial charge in [-0.05, 0) is 79.2 Å². The van der Waals surface area contributed by atoms with E-state index in [1.54, 1.807) is 54.6 Å². The van der Waals surface area contributed by atoms with E-state index in [-0.39, 0.29) is 13.2 Å². The lowest BCUT2D eigenvalue weighted by molar-refractivity contribution is -0.138. The smallest absolute Gasteiger partial charge is 0.343 e. The van der Waals surface area contributed by atoms with Crippen LogP contribution in [0.3, 0.4) is 0 Å². The molecular formula is C34H34O9. The summed E-state index contributed by atoms with van der Waals surface area (Å²) in [6.45, 7) is 13.7. The monoisotopic (exact) mass is 586 g/mol. The SMILES string of the molecule is C=CC(=O)OCCCOc1ccc(C(=C)Oc2ccc(OC(=O)c3ccc(OCCCOC(=O)C=C)cc3)c(C)c2)cc1. The van der Waals surface area contributed by atoms with Crippen molar-refractivity contribution in [1.29, 1.82) is 0 Å². The number of rotatable bonds is 17. The number of carbonyl (C=O) groups excluding carboxylic acids is 3. The van der Waals surface area contributed by atoms with Crippen LogP contribution in [0.15, 0.2) is 98.6 Å². The van der Waals surface area contributed by atoms with E-state index in [1.807, 2.05) is 19.1 Å². The van der Waals surface area contributed by atoms with Crippen molar-refractivity contribution in [3.05, 3.63) is 115 Å². The van der Waals surface area contributed by atoms with E-state index >= 15 is 0 Å². The number of carbonyl (C=O) groups is 3. The molecule has 0 aliphatic carbocycles. The van der Waals surface area contributed by atoms with Crippen molar-refractivity contribution in [3.8, 4) is 23.0 Å². The van der Waals surface area contributed by atoms with Gasteiger partial charge in [-0.2, -0.15) is 0 Å². The molecule has 0 N–H and O–H groups in total. The first kappa shape index (κ1) is 32.2. The summed E-state index contributed by atoms with van der Waals surface area (Å²) in [5.41, 5.74) is 1.84. The van der Waals surface area contributed by atoms with Gasteiger partial charge in [0.05, 0.1) is 32.0 Å². The van der Waals surface area contributed by atoms with Crippen LogP contribution in [0, 0.1) is 6.92 Å². The molecule has 9 heteroatoms. The van der Waals surface area contributed by atoms with Gasteiger partial charge in [-0.25, -0.2) is 14.4 Å². The maximum atomic E-state index is 12.7. The summed E-state index contributed by atoms with van der Waals surface area (Å²) in [4.78, 5) is 34.8. The number of hydrogen-bond donors (Lipinski definition) is 0. The van der Waals surface area contributed by atoms with Crippen LogP contribution in [0.5, 0.6) is 23.0 Å². The number of benzene rings is 3. The fourth-order valence-electron chi connectivity index (χ4n) is 3.55. The summed E-state index contributed by atoms with van der Waals surface area (Å²) in [6, 6.07) is 18.9. The first-order chi connectivity index (χ1) is 20.8. The van der Waals surface area contributed by atoms with Gasteiger partial charge >= 0.3 is 17.9 Å². The Bertz CT molecular complexity index is 1420. The first-order valence-corrected chi connectivity index (χ1v) is 13.5. The molecule has 0 radical (unpaired) electrons. The Hall–Kier alpha value is -5.31. The Morgan fingerprint density at radius 1 is 0.651 bits per heavy atom. The molecule has 43 heavy (non-hydrogen) atoms. The van der Waals surface area contributed by atoms with Crippen molar-refractivity contribution < 1.29 is 42.8 Å². The Labute approximate surface area is 250 Å². The van der Waals surface area contributed by atoms with Crippen LogP contribution < -0.4 is 18.9 Å². The molecule has 3 aromatic rings. The van der Waals surface area contributed by atoms with Crippen LogP contribution in [0.2, 0.25) is 0 Å². The summed E-state index contributed by atoms with van der Waals surface area (Å²) >= 11 is 0. The zero-order valence-electron chi connectivity index (χ0n) is 24.0. The van der Waals surface area contributed by atoms with E-state index in [4.69, 9.17) is 28.4 Å². The second kappa shape index (κ2) is 16.8. The van der Waals surface area contributed by atoms with Crippen LogP contribution in [0.4, 0.5) is 0 Å². The van der Waals surface area contributed by atoms with Crippen molar-refractivity contribution in [2.75, 3.05) is 26.4 Å². The van der Waals surface area contributed by atoms with Crippen LogP contribution >= 0.6 is 0 Å². The minimum Gasteiger partial charge on any atom is -0.493 e. The van der Waals surface area contributed by atoms with E-state index in [9.17, 15) is 14.4 Å². The molecule has 224 valence electrons. The molecule has 0 atom stereocenters. The molecule has 0 aromatic heterocycles. The minimum absolute atomic E-state index is 0.232. The molecule has 0 aliphatic heterocycles. The maximum absolute atomic E-state index is 12.7. The van der Waals surface area contributed by atoms with E-state index < -0.39 is 17.9 Å². The predicted octanol–water partition coefficient (Wildman–Crippen LogP) is 6.26. The number of hydrogen-bond acceptors (Lipinski definition) is 9. The molecule has 0 aliphatic rings. The minimum atomic E-state index is -0.510. The first-order valence-electron chi connectivity index (χ1n) is 13.5. The lowest BCUT2D eigenvalue weighted by Crippen LogP contribution is -2.09. The average Bonchev–Trinajstić information content (AvgIpc) is 3.02. The molecular weight excluding hydrogens is 552 g/mol. The van der Waals surface area contributed by atoms with Gasteiger partial charge in [0, 0.05) is 30.6 Å². The fourth-order valence-corrected chi connectivity index (χ4v) is 3.55. The Kier molecular flexibility index (Phi) is 12.6. The number of esters is 3. The molecule has 3 rings (SSSR count). The summed E-state index contributed by atoms with van der Waals surface area (Å²) in [5.74, 6) is 1.18. The molecule has 0 fully saturated rings. The Balaban J connectivity index is 1.45. The average molecular weight is 587 g/mol. The van der Waals surface area contributed by atoms with Crippen LogP contribution in [0.1, 0.15) is 34.3 Å². The van der Waals surface area contributed by atoms with Gasteiger partial charge in [-0.1, -0.05) is 19.7 Å². The highest BCUT2D eigenvalue weighted by molar-refractivity contribution is 5.91.